The maximum absolute atomic E-state index is 13.0. The van der Waals surface area contributed by atoms with Crippen LogP contribution in [-0.4, -0.2) is 34.4 Å². The molecule has 0 aromatic heterocycles. The average Bonchev–Trinajstić information content (AvgIpc) is 2.96. The third-order valence-electron chi connectivity index (χ3n) is 4.72. The van der Waals surface area contributed by atoms with Crippen molar-refractivity contribution in [2.45, 2.75) is 36.0 Å². The third-order valence-corrected chi connectivity index (χ3v) is 6.11. The monoisotopic (exact) mass is 277 g/mol. The minimum absolute atomic E-state index is 0.233. The fourth-order valence-corrected chi connectivity index (χ4v) is 4.88. The van der Waals surface area contributed by atoms with Gasteiger partial charge in [-0.05, 0) is 37.0 Å². The van der Waals surface area contributed by atoms with Crippen LogP contribution in [0.4, 0.5) is 4.39 Å². The molecular formula is C15H16FNOS. The maximum atomic E-state index is 13.0. The summed E-state index contributed by atoms with van der Waals surface area (Å²) in [7, 11) is 0. The fraction of sp³-hybridized carbons (Fsp3) is 0.533. The number of hydrogen-bond acceptors (Lipinski definition) is 2. The van der Waals surface area contributed by atoms with Gasteiger partial charge in [0, 0.05) is 23.6 Å². The summed E-state index contributed by atoms with van der Waals surface area (Å²) in [6.45, 7) is 0.914. The largest absolute Gasteiger partial charge is 0.337 e. The number of likely N-dealkylation sites (tertiary alicyclic amines) is 1. The number of carbonyl (C=O) groups excluding carboxylic acids is 1. The van der Waals surface area contributed by atoms with Gasteiger partial charge in [-0.1, -0.05) is 12.1 Å². The lowest BCUT2D eigenvalue weighted by Gasteiger charge is -2.30. The second-order valence-electron chi connectivity index (χ2n) is 5.89. The lowest BCUT2D eigenvalue weighted by atomic mass is 9.94. The molecule has 2 saturated heterocycles. The minimum Gasteiger partial charge on any atom is -0.337 e. The Bertz CT molecular complexity index is 525. The van der Waals surface area contributed by atoms with Crippen LogP contribution in [0.3, 0.4) is 0 Å². The summed E-state index contributed by atoms with van der Waals surface area (Å²) in [6, 6.07) is 6.94. The molecule has 100 valence electrons. The number of fused-ring (bicyclic) bond motifs is 2. The number of amides is 1. The Kier molecular flexibility index (Phi) is 2.47. The summed E-state index contributed by atoms with van der Waals surface area (Å²) >= 11 is 2.00. The predicted octanol–water partition coefficient (Wildman–Crippen LogP) is 2.57. The molecule has 1 saturated carbocycles. The molecule has 0 unspecified atom stereocenters. The van der Waals surface area contributed by atoms with Crippen molar-refractivity contribution in [3.8, 4) is 0 Å². The first kappa shape index (κ1) is 11.8. The zero-order valence-electron chi connectivity index (χ0n) is 10.6. The van der Waals surface area contributed by atoms with Crippen LogP contribution in [-0.2, 0) is 10.2 Å². The van der Waals surface area contributed by atoms with Gasteiger partial charge in [-0.2, -0.15) is 11.8 Å². The number of hydrogen-bond donors (Lipinski definition) is 0. The van der Waals surface area contributed by atoms with E-state index in [9.17, 15) is 9.18 Å². The molecule has 2 atom stereocenters. The van der Waals surface area contributed by atoms with Crippen LogP contribution in [0.2, 0.25) is 0 Å². The summed E-state index contributed by atoms with van der Waals surface area (Å²) in [5.74, 6) is 1.14. The smallest absolute Gasteiger partial charge is 0.233 e. The molecule has 3 fully saturated rings. The highest BCUT2D eigenvalue weighted by molar-refractivity contribution is 8.00. The minimum atomic E-state index is -0.331. The third kappa shape index (κ3) is 1.72. The lowest BCUT2D eigenvalue weighted by Crippen LogP contribution is -2.44. The molecule has 0 spiro atoms. The molecule has 3 aliphatic rings. The summed E-state index contributed by atoms with van der Waals surface area (Å²) in [6.07, 6.45) is 2.99. The Balaban J connectivity index is 1.61. The van der Waals surface area contributed by atoms with Gasteiger partial charge in [0.2, 0.25) is 5.91 Å². The number of thioether (sulfide) groups is 1. The SMILES string of the molecule is O=C(N1C[C@H]2C[C@H]1CS2)C1(c2ccc(F)cc2)CC1. The molecule has 0 N–H and O–H groups in total. The van der Waals surface area contributed by atoms with E-state index in [1.165, 1.54) is 12.1 Å². The first-order valence-electron chi connectivity index (χ1n) is 6.88. The van der Waals surface area contributed by atoms with Gasteiger partial charge in [-0.15, -0.1) is 0 Å². The lowest BCUT2D eigenvalue weighted by molar-refractivity contribution is -0.134. The number of nitrogens with zero attached hydrogens (tertiary/aromatic N) is 1. The van der Waals surface area contributed by atoms with Crippen LogP contribution >= 0.6 is 11.8 Å². The van der Waals surface area contributed by atoms with Gasteiger partial charge in [-0.25, -0.2) is 4.39 Å². The van der Waals surface area contributed by atoms with Gasteiger partial charge in [0.05, 0.1) is 5.41 Å². The summed E-state index contributed by atoms with van der Waals surface area (Å²) in [5, 5.41) is 0.651. The quantitative estimate of drug-likeness (QED) is 0.828. The predicted molar refractivity (Wildman–Crippen MR) is 73.7 cm³/mol. The Labute approximate surface area is 116 Å². The molecule has 2 aliphatic heterocycles. The van der Waals surface area contributed by atoms with E-state index in [4.69, 9.17) is 0 Å². The first-order valence-corrected chi connectivity index (χ1v) is 7.93. The number of benzene rings is 1. The van der Waals surface area contributed by atoms with Crippen LogP contribution in [0, 0.1) is 5.82 Å². The molecule has 4 rings (SSSR count). The van der Waals surface area contributed by atoms with Gasteiger partial charge in [0.25, 0.3) is 0 Å². The van der Waals surface area contributed by atoms with Crippen LogP contribution in [0.1, 0.15) is 24.8 Å². The average molecular weight is 277 g/mol. The van der Waals surface area contributed by atoms with Gasteiger partial charge in [0.15, 0.2) is 0 Å². The Morgan fingerprint density at radius 1 is 1.32 bits per heavy atom. The van der Waals surface area contributed by atoms with E-state index in [0.717, 1.165) is 37.1 Å². The van der Waals surface area contributed by atoms with Crippen LogP contribution in [0.5, 0.6) is 0 Å². The van der Waals surface area contributed by atoms with E-state index in [1.54, 1.807) is 12.1 Å². The van der Waals surface area contributed by atoms with Gasteiger partial charge in [-0.3, -0.25) is 4.79 Å². The van der Waals surface area contributed by atoms with Crippen molar-refractivity contribution in [1.29, 1.82) is 0 Å². The Hall–Kier alpha value is -1.03. The topological polar surface area (TPSA) is 20.3 Å². The van der Waals surface area contributed by atoms with E-state index in [0.29, 0.717) is 11.3 Å². The van der Waals surface area contributed by atoms with Crippen molar-refractivity contribution in [2.75, 3.05) is 12.3 Å². The summed E-state index contributed by atoms with van der Waals surface area (Å²) < 4.78 is 13.0. The fourth-order valence-electron chi connectivity index (χ4n) is 3.44. The molecular weight excluding hydrogens is 261 g/mol. The van der Waals surface area contributed by atoms with Crippen molar-refractivity contribution in [1.82, 2.24) is 4.90 Å². The van der Waals surface area contributed by atoms with E-state index < -0.39 is 0 Å². The molecule has 4 heteroatoms. The van der Waals surface area contributed by atoms with Crippen molar-refractivity contribution in [2.24, 2.45) is 0 Å². The molecule has 1 amide bonds. The van der Waals surface area contributed by atoms with Crippen LogP contribution < -0.4 is 0 Å². The number of rotatable bonds is 2. The molecule has 19 heavy (non-hydrogen) atoms. The van der Waals surface area contributed by atoms with Crippen LogP contribution in [0.15, 0.2) is 24.3 Å². The molecule has 2 bridgehead atoms. The molecule has 1 aromatic rings. The second-order valence-corrected chi connectivity index (χ2v) is 7.22. The molecule has 2 heterocycles. The van der Waals surface area contributed by atoms with Gasteiger partial charge < -0.3 is 4.90 Å². The maximum Gasteiger partial charge on any atom is 0.233 e. The Morgan fingerprint density at radius 3 is 2.58 bits per heavy atom. The van der Waals surface area contributed by atoms with E-state index in [1.807, 2.05) is 11.8 Å². The molecule has 1 aliphatic carbocycles. The van der Waals surface area contributed by atoms with Gasteiger partial charge in [0.1, 0.15) is 5.82 Å². The normalized spacial score (nSPS) is 30.7. The van der Waals surface area contributed by atoms with Crippen molar-refractivity contribution in [3.63, 3.8) is 0 Å². The molecule has 2 nitrogen and oxygen atoms in total. The van der Waals surface area contributed by atoms with E-state index in [2.05, 4.69) is 4.90 Å². The van der Waals surface area contributed by atoms with Crippen LogP contribution in [0.25, 0.3) is 0 Å². The standard InChI is InChI=1S/C15H16FNOS/c16-11-3-1-10(2-4-11)15(5-6-15)14(18)17-8-13-7-12(17)9-19-13/h1-4,12-13H,5-9H2/t12-,13+/m0/s1. The van der Waals surface area contributed by atoms with Crippen molar-refractivity contribution >= 4 is 17.7 Å². The molecule has 1 aromatic carbocycles. The number of carbonyl (C=O) groups is 1. The zero-order chi connectivity index (χ0) is 13.0. The van der Waals surface area contributed by atoms with E-state index >= 15 is 0 Å². The van der Waals surface area contributed by atoms with E-state index in [-0.39, 0.29) is 17.1 Å². The van der Waals surface area contributed by atoms with Crippen molar-refractivity contribution < 1.29 is 9.18 Å². The first-order chi connectivity index (χ1) is 9.19. The highest BCUT2D eigenvalue weighted by atomic mass is 32.2. The zero-order valence-corrected chi connectivity index (χ0v) is 11.5. The highest BCUT2D eigenvalue weighted by Gasteiger charge is 2.56. The highest BCUT2D eigenvalue weighted by Crippen LogP contribution is 2.51. The Morgan fingerprint density at radius 2 is 2.05 bits per heavy atom. The summed E-state index contributed by atoms with van der Waals surface area (Å²) in [5.41, 5.74) is 0.664. The van der Waals surface area contributed by atoms with Crippen molar-refractivity contribution in [3.05, 3.63) is 35.6 Å². The summed E-state index contributed by atoms with van der Waals surface area (Å²) in [4.78, 5) is 14.9. The van der Waals surface area contributed by atoms with Gasteiger partial charge >= 0.3 is 0 Å². The number of halogens is 1. The second kappa shape index (κ2) is 3.98. The molecule has 0 radical (unpaired) electrons.